The summed E-state index contributed by atoms with van der Waals surface area (Å²) in [6.45, 7) is 4.77. The SMILES string of the molecule is CC1(C)c2cc(N(c3ccc(-c4ccccc4)cc3)c3ccc(-c4ccccc4)cc3)ccc2-c2ccc(-n3c4ccccc4c4c5ccccc5ccc43)cc21.c1ccc(-c2ccc(N(c3ccc(-c4ccccc4)cc3)c3ccc(-c4cccc(-n5c6ccccc6c6c7ccccc7ccc65)c4)cc3)cc2)cc1. The van der Waals surface area contributed by atoms with Crippen molar-refractivity contribution in [3.05, 3.63) is 436 Å². The lowest BCUT2D eigenvalue weighted by Crippen LogP contribution is -2.17. The minimum absolute atomic E-state index is 0.220. The molecule has 0 radical (unpaired) electrons. The zero-order chi connectivity index (χ0) is 73.9. The fraction of sp³-hybridized carbons (Fsp3) is 0.0280. The Kier molecular flexibility index (Phi) is 16.6. The Morgan fingerprint density at radius 3 is 0.901 bits per heavy atom. The highest BCUT2D eigenvalue weighted by atomic mass is 15.1. The summed E-state index contributed by atoms with van der Waals surface area (Å²) >= 11 is 0. The summed E-state index contributed by atoms with van der Waals surface area (Å²) < 4.78 is 4.87. The number of fused-ring (bicyclic) bond motifs is 13. The quantitative estimate of drug-likeness (QED) is 0.114. The van der Waals surface area contributed by atoms with Gasteiger partial charge < -0.3 is 18.9 Å². The second-order valence-corrected chi connectivity index (χ2v) is 29.6. The lowest BCUT2D eigenvalue weighted by atomic mass is 9.82. The molecule has 0 spiro atoms. The molecule has 0 atom stereocenters. The molecule has 21 rings (SSSR count). The van der Waals surface area contributed by atoms with Crippen LogP contribution in [0.15, 0.2) is 425 Å². The second kappa shape index (κ2) is 27.8. The predicted molar refractivity (Wildman–Crippen MR) is 471 cm³/mol. The van der Waals surface area contributed by atoms with Crippen LogP contribution in [0, 0.1) is 0 Å². The van der Waals surface area contributed by atoms with Gasteiger partial charge in [0, 0.05) is 72.5 Å². The average molecular weight is 1420 g/mol. The number of nitrogens with zero attached hydrogens (tertiary/aromatic N) is 4. The molecule has 2 heterocycles. The van der Waals surface area contributed by atoms with E-state index < -0.39 is 0 Å². The van der Waals surface area contributed by atoms with Crippen LogP contribution in [0.1, 0.15) is 25.0 Å². The molecule has 0 N–H and O–H groups in total. The van der Waals surface area contributed by atoms with Gasteiger partial charge in [-0.3, -0.25) is 0 Å². The summed E-state index contributed by atoms with van der Waals surface area (Å²) in [5.41, 5.74) is 31.0. The van der Waals surface area contributed by atoms with Crippen molar-refractivity contribution in [1.29, 1.82) is 0 Å². The van der Waals surface area contributed by atoms with E-state index in [4.69, 9.17) is 0 Å². The van der Waals surface area contributed by atoms with Crippen LogP contribution in [0.2, 0.25) is 0 Å². The van der Waals surface area contributed by atoms with Gasteiger partial charge in [0.25, 0.3) is 0 Å². The zero-order valence-corrected chi connectivity index (χ0v) is 61.7. The summed E-state index contributed by atoms with van der Waals surface area (Å²) in [5.74, 6) is 0. The van der Waals surface area contributed by atoms with Crippen LogP contribution in [0.3, 0.4) is 0 Å². The number of benzene rings is 18. The summed E-state index contributed by atoms with van der Waals surface area (Å²) in [4.78, 5) is 4.74. The molecule has 1 aliphatic rings. The van der Waals surface area contributed by atoms with Crippen molar-refractivity contribution in [2.75, 3.05) is 9.80 Å². The van der Waals surface area contributed by atoms with Crippen LogP contribution in [0.5, 0.6) is 0 Å². The Hall–Kier alpha value is -14.3. The highest BCUT2D eigenvalue weighted by Crippen LogP contribution is 2.53. The normalized spacial score (nSPS) is 12.1. The predicted octanol–water partition coefficient (Wildman–Crippen LogP) is 29.5. The zero-order valence-electron chi connectivity index (χ0n) is 61.7. The van der Waals surface area contributed by atoms with E-state index in [-0.39, 0.29) is 5.41 Å². The molecule has 0 saturated carbocycles. The molecule has 0 amide bonds. The van der Waals surface area contributed by atoms with E-state index in [1.54, 1.807) is 0 Å². The third-order valence-electron chi connectivity index (χ3n) is 22.8. The average Bonchev–Trinajstić information content (AvgIpc) is 1.56. The summed E-state index contributed by atoms with van der Waals surface area (Å²) in [7, 11) is 0. The van der Waals surface area contributed by atoms with E-state index in [1.165, 1.54) is 149 Å². The number of hydrogen-bond acceptors (Lipinski definition) is 2. The standard InChI is InChI=1S/C55H40N2.C52H36N2/c1-55(2)50-35-44(56(42-26-21-39(22-27-42)37-13-5-3-6-14-37)43-28-23-40(24-29-43)38-15-7-4-8-16-38)30-32-47(50)48-33-31-45(36-51(48)55)57-52-20-12-11-19-49(52)54-46-18-10-9-17-41(46)25-34-53(54)57;1-3-12-37(13-4-1)39-22-29-44(30-23-39)53(45-31-24-40(25-32-45)38-14-5-2-6-15-38)46-33-26-41(27-34-46)43-17-11-18-47(36-43)54-50-21-10-9-20-49(50)52-48-19-8-7-16-42(48)28-35-51(52)54/h3-36H,1-2H3;1-36H. The van der Waals surface area contributed by atoms with Crippen molar-refractivity contribution < 1.29 is 0 Å². The molecule has 20 aromatic rings. The Morgan fingerprint density at radius 1 is 0.198 bits per heavy atom. The van der Waals surface area contributed by atoms with Crippen LogP contribution < -0.4 is 9.80 Å². The van der Waals surface area contributed by atoms with Crippen LogP contribution in [-0.2, 0) is 5.41 Å². The Labute approximate surface area is 647 Å². The summed E-state index contributed by atoms with van der Waals surface area (Å²) in [6, 6.07) is 154. The summed E-state index contributed by atoms with van der Waals surface area (Å²) in [6.07, 6.45) is 0. The van der Waals surface area contributed by atoms with Gasteiger partial charge in [-0.25, -0.2) is 0 Å². The monoisotopic (exact) mass is 1420 g/mol. The van der Waals surface area contributed by atoms with Crippen LogP contribution >= 0.6 is 0 Å². The first-order valence-electron chi connectivity index (χ1n) is 38.4. The molecule has 0 saturated heterocycles. The van der Waals surface area contributed by atoms with Crippen molar-refractivity contribution in [3.8, 4) is 78.1 Å². The lowest BCUT2D eigenvalue weighted by molar-refractivity contribution is 0.660. The molecular formula is C107H76N4. The van der Waals surface area contributed by atoms with Gasteiger partial charge in [0.15, 0.2) is 0 Å². The third-order valence-corrected chi connectivity index (χ3v) is 22.8. The van der Waals surface area contributed by atoms with Crippen molar-refractivity contribution in [3.63, 3.8) is 0 Å². The lowest BCUT2D eigenvalue weighted by Gasteiger charge is -2.28. The number of hydrogen-bond donors (Lipinski definition) is 0. The molecule has 4 nitrogen and oxygen atoms in total. The number of rotatable bonds is 13. The molecule has 2 aromatic heterocycles. The molecular weight excluding hydrogens is 1340 g/mol. The third kappa shape index (κ3) is 11.9. The maximum Gasteiger partial charge on any atom is 0.0547 e. The molecule has 18 aromatic carbocycles. The fourth-order valence-corrected chi connectivity index (χ4v) is 17.3. The minimum atomic E-state index is -0.220. The number of aromatic nitrogens is 2. The molecule has 0 fully saturated rings. The largest absolute Gasteiger partial charge is 0.311 e. The summed E-state index contributed by atoms with van der Waals surface area (Å²) in [5, 5.41) is 10.3. The van der Waals surface area contributed by atoms with E-state index in [0.29, 0.717) is 0 Å². The molecule has 524 valence electrons. The highest BCUT2D eigenvalue weighted by molar-refractivity contribution is 6.22. The van der Waals surface area contributed by atoms with Crippen molar-refractivity contribution in [2.45, 2.75) is 19.3 Å². The van der Waals surface area contributed by atoms with E-state index >= 15 is 0 Å². The van der Waals surface area contributed by atoms with Gasteiger partial charge in [-0.1, -0.05) is 317 Å². The fourth-order valence-electron chi connectivity index (χ4n) is 17.3. The van der Waals surface area contributed by atoms with Gasteiger partial charge in [-0.15, -0.1) is 0 Å². The van der Waals surface area contributed by atoms with E-state index in [9.17, 15) is 0 Å². The van der Waals surface area contributed by atoms with Crippen molar-refractivity contribution in [1.82, 2.24) is 9.13 Å². The van der Waals surface area contributed by atoms with Crippen LogP contribution in [0.25, 0.3) is 143 Å². The molecule has 4 heteroatoms. The smallest absolute Gasteiger partial charge is 0.0547 e. The van der Waals surface area contributed by atoms with Crippen LogP contribution in [0.4, 0.5) is 34.1 Å². The number of anilines is 6. The topological polar surface area (TPSA) is 16.3 Å². The van der Waals surface area contributed by atoms with Gasteiger partial charge in [-0.2, -0.15) is 0 Å². The number of para-hydroxylation sites is 2. The molecule has 0 aliphatic heterocycles. The second-order valence-electron chi connectivity index (χ2n) is 29.6. The Morgan fingerprint density at radius 2 is 0.495 bits per heavy atom. The molecule has 1 aliphatic carbocycles. The van der Waals surface area contributed by atoms with E-state index in [2.05, 4.69) is 457 Å². The van der Waals surface area contributed by atoms with E-state index in [0.717, 1.165) is 39.8 Å². The minimum Gasteiger partial charge on any atom is -0.311 e. The van der Waals surface area contributed by atoms with Crippen molar-refractivity contribution in [2.24, 2.45) is 0 Å². The van der Waals surface area contributed by atoms with Gasteiger partial charge >= 0.3 is 0 Å². The first kappa shape index (κ1) is 66.1. The molecule has 0 unspecified atom stereocenters. The molecule has 0 bridgehead atoms. The first-order chi connectivity index (χ1) is 54.8. The highest BCUT2D eigenvalue weighted by Gasteiger charge is 2.37. The van der Waals surface area contributed by atoms with Gasteiger partial charge in [0.2, 0.25) is 0 Å². The van der Waals surface area contributed by atoms with Gasteiger partial charge in [0.05, 0.1) is 22.1 Å². The Balaban J connectivity index is 0.000000145. The van der Waals surface area contributed by atoms with Gasteiger partial charge in [0.1, 0.15) is 0 Å². The first-order valence-corrected chi connectivity index (χ1v) is 38.4. The van der Waals surface area contributed by atoms with E-state index in [1.807, 2.05) is 0 Å². The maximum atomic E-state index is 2.46. The molecule has 111 heavy (non-hydrogen) atoms. The van der Waals surface area contributed by atoms with Crippen molar-refractivity contribution >= 4 is 99.3 Å². The van der Waals surface area contributed by atoms with Crippen LogP contribution in [-0.4, -0.2) is 9.13 Å². The van der Waals surface area contributed by atoms with Gasteiger partial charge in [-0.05, 0) is 221 Å². The Bertz CT molecular complexity index is 6680. The maximum absolute atomic E-state index is 2.46.